The van der Waals surface area contributed by atoms with Crippen molar-refractivity contribution >= 4 is 33.9 Å². The maximum atomic E-state index is 12.4. The maximum absolute atomic E-state index is 12.4. The van der Waals surface area contributed by atoms with Gasteiger partial charge >= 0.3 is 5.63 Å². The second kappa shape index (κ2) is 8.65. The Balaban J connectivity index is 2.03. The fourth-order valence-corrected chi connectivity index (χ4v) is 3.13. The molecule has 1 aromatic heterocycles. The zero-order valence-corrected chi connectivity index (χ0v) is 17.0. The second-order valence-corrected chi connectivity index (χ2v) is 6.64. The molecular formula is C23H24N2O4. The number of carbonyl (C=O) groups excluding carboxylic acids is 1. The largest absolute Gasteiger partial charge is 0.495 e. The number of ether oxygens (including phenoxy) is 1. The van der Waals surface area contributed by atoms with Gasteiger partial charge in [-0.25, -0.2) is 4.79 Å². The van der Waals surface area contributed by atoms with Crippen LogP contribution in [0.25, 0.3) is 11.0 Å². The summed E-state index contributed by atoms with van der Waals surface area (Å²) in [4.78, 5) is 26.3. The molecule has 0 unspecified atom stereocenters. The smallest absolute Gasteiger partial charge is 0.338 e. The van der Waals surface area contributed by atoms with E-state index in [-0.39, 0.29) is 5.91 Å². The van der Waals surface area contributed by atoms with Crippen molar-refractivity contribution in [3.63, 3.8) is 0 Å². The number of hydrogen-bond donors (Lipinski definition) is 1. The molecule has 0 bridgehead atoms. The van der Waals surface area contributed by atoms with Gasteiger partial charge in [0.15, 0.2) is 0 Å². The number of methoxy groups -OCH3 is 1. The van der Waals surface area contributed by atoms with E-state index in [1.807, 2.05) is 55.3 Å². The molecule has 6 nitrogen and oxygen atoms in total. The highest BCUT2D eigenvalue weighted by Crippen LogP contribution is 2.34. The fourth-order valence-electron chi connectivity index (χ4n) is 3.13. The first-order valence-electron chi connectivity index (χ1n) is 9.37. The van der Waals surface area contributed by atoms with Crippen LogP contribution in [-0.2, 0) is 4.79 Å². The number of fused-ring (bicyclic) bond motifs is 1. The highest BCUT2D eigenvalue weighted by molar-refractivity contribution is 6.04. The molecule has 29 heavy (non-hydrogen) atoms. The van der Waals surface area contributed by atoms with Gasteiger partial charge in [-0.3, -0.25) is 4.79 Å². The van der Waals surface area contributed by atoms with Crippen LogP contribution in [0.4, 0.5) is 17.1 Å². The van der Waals surface area contributed by atoms with Gasteiger partial charge in [-0.1, -0.05) is 25.1 Å². The molecule has 3 aromatic rings. The summed E-state index contributed by atoms with van der Waals surface area (Å²) in [6.45, 7) is 3.75. The predicted octanol–water partition coefficient (Wildman–Crippen LogP) is 4.86. The third kappa shape index (κ3) is 4.32. The van der Waals surface area contributed by atoms with Crippen LogP contribution in [0.3, 0.4) is 0 Å². The standard InChI is InChI=1S/C23H24N2O4/c1-5-8-15(2)23(27)24-18-13-16(11-12-21(18)28-4)25(3)19-14-22(26)29-20-10-7-6-9-17(19)20/h6-14H,5H2,1-4H3,(H,24,27)/b15-8+. The van der Waals surface area contributed by atoms with Gasteiger partial charge in [-0.05, 0) is 43.7 Å². The maximum Gasteiger partial charge on any atom is 0.338 e. The molecule has 0 atom stereocenters. The van der Waals surface area contributed by atoms with Crippen LogP contribution >= 0.6 is 0 Å². The average molecular weight is 392 g/mol. The lowest BCUT2D eigenvalue weighted by Crippen LogP contribution is -2.16. The molecule has 0 radical (unpaired) electrons. The quantitative estimate of drug-likeness (QED) is 0.479. The van der Waals surface area contributed by atoms with E-state index < -0.39 is 5.63 Å². The summed E-state index contributed by atoms with van der Waals surface area (Å²) in [5.41, 5.74) is 2.78. The third-order valence-corrected chi connectivity index (χ3v) is 4.68. The summed E-state index contributed by atoms with van der Waals surface area (Å²) >= 11 is 0. The number of para-hydroxylation sites is 1. The van der Waals surface area contributed by atoms with Gasteiger partial charge in [-0.15, -0.1) is 0 Å². The van der Waals surface area contributed by atoms with Crippen molar-refractivity contribution in [2.75, 3.05) is 24.4 Å². The Hall–Kier alpha value is -3.54. The monoisotopic (exact) mass is 392 g/mol. The Morgan fingerprint density at radius 3 is 2.69 bits per heavy atom. The van der Waals surface area contributed by atoms with Gasteiger partial charge in [0.05, 0.1) is 18.5 Å². The van der Waals surface area contributed by atoms with Gasteiger partial charge in [0.2, 0.25) is 0 Å². The molecule has 0 fully saturated rings. The molecule has 3 rings (SSSR count). The van der Waals surface area contributed by atoms with Crippen LogP contribution in [0.5, 0.6) is 5.75 Å². The predicted molar refractivity (Wildman–Crippen MR) is 116 cm³/mol. The summed E-state index contributed by atoms with van der Waals surface area (Å²) < 4.78 is 10.7. The van der Waals surface area contributed by atoms with Gasteiger partial charge in [0.25, 0.3) is 5.91 Å². The molecule has 2 aromatic carbocycles. The highest BCUT2D eigenvalue weighted by atomic mass is 16.5. The number of hydrogen-bond acceptors (Lipinski definition) is 5. The van der Waals surface area contributed by atoms with Crippen molar-refractivity contribution in [2.45, 2.75) is 20.3 Å². The Kier molecular flexibility index (Phi) is 6.02. The first-order valence-corrected chi connectivity index (χ1v) is 9.37. The lowest BCUT2D eigenvalue weighted by atomic mass is 10.1. The van der Waals surface area contributed by atoms with E-state index in [0.29, 0.717) is 28.3 Å². The lowest BCUT2D eigenvalue weighted by Gasteiger charge is -2.22. The Bertz CT molecular complexity index is 1130. The van der Waals surface area contributed by atoms with Crippen molar-refractivity contribution in [3.05, 3.63) is 70.6 Å². The van der Waals surface area contributed by atoms with Gasteiger partial charge in [0, 0.05) is 29.8 Å². The number of nitrogens with one attached hydrogen (secondary N) is 1. The molecule has 6 heteroatoms. The molecule has 0 saturated carbocycles. The van der Waals surface area contributed by atoms with Crippen LogP contribution in [-0.4, -0.2) is 20.1 Å². The molecule has 0 aliphatic heterocycles. The number of rotatable bonds is 6. The molecule has 1 N–H and O–H groups in total. The number of amides is 1. The summed E-state index contributed by atoms with van der Waals surface area (Å²) in [5.74, 6) is 0.369. The molecule has 0 aliphatic rings. The van der Waals surface area contributed by atoms with E-state index in [9.17, 15) is 9.59 Å². The molecule has 1 amide bonds. The summed E-state index contributed by atoms with van der Waals surface area (Å²) in [6.07, 6.45) is 2.65. The third-order valence-electron chi connectivity index (χ3n) is 4.68. The van der Waals surface area contributed by atoms with Gasteiger partial charge in [-0.2, -0.15) is 0 Å². The Morgan fingerprint density at radius 2 is 1.97 bits per heavy atom. The number of anilines is 3. The zero-order valence-electron chi connectivity index (χ0n) is 17.0. The number of carbonyl (C=O) groups is 1. The molecule has 0 spiro atoms. The zero-order chi connectivity index (χ0) is 21.0. The van der Waals surface area contributed by atoms with Crippen LogP contribution in [0.15, 0.2) is 69.4 Å². The molecular weight excluding hydrogens is 368 g/mol. The van der Waals surface area contributed by atoms with Crippen molar-refractivity contribution in [1.82, 2.24) is 0 Å². The first kappa shape index (κ1) is 20.2. The molecule has 1 heterocycles. The molecule has 150 valence electrons. The van der Waals surface area contributed by atoms with E-state index >= 15 is 0 Å². The van der Waals surface area contributed by atoms with Crippen LogP contribution in [0.2, 0.25) is 0 Å². The van der Waals surface area contributed by atoms with Crippen LogP contribution < -0.4 is 20.6 Å². The minimum Gasteiger partial charge on any atom is -0.495 e. The van der Waals surface area contributed by atoms with E-state index in [1.54, 1.807) is 26.2 Å². The Morgan fingerprint density at radius 1 is 1.21 bits per heavy atom. The van der Waals surface area contributed by atoms with E-state index in [1.165, 1.54) is 6.07 Å². The molecule has 0 saturated heterocycles. The molecule has 0 aliphatic carbocycles. The fraction of sp³-hybridized carbons (Fsp3) is 0.217. The van der Waals surface area contributed by atoms with E-state index in [4.69, 9.17) is 9.15 Å². The topological polar surface area (TPSA) is 71.8 Å². The Labute approximate surface area is 169 Å². The van der Waals surface area contributed by atoms with E-state index in [2.05, 4.69) is 5.32 Å². The summed E-state index contributed by atoms with van der Waals surface area (Å²) in [5, 5.41) is 3.72. The lowest BCUT2D eigenvalue weighted by molar-refractivity contribution is -0.112. The van der Waals surface area contributed by atoms with Crippen molar-refractivity contribution in [2.24, 2.45) is 0 Å². The highest BCUT2D eigenvalue weighted by Gasteiger charge is 2.15. The number of nitrogens with zero attached hydrogens (tertiary/aromatic N) is 1. The first-order chi connectivity index (χ1) is 13.9. The second-order valence-electron chi connectivity index (χ2n) is 6.64. The summed E-state index contributed by atoms with van der Waals surface area (Å²) in [6, 6.07) is 14.3. The average Bonchev–Trinajstić information content (AvgIpc) is 2.72. The van der Waals surface area contributed by atoms with Gasteiger partial charge < -0.3 is 19.4 Å². The summed E-state index contributed by atoms with van der Waals surface area (Å²) in [7, 11) is 3.41. The van der Waals surface area contributed by atoms with Crippen LogP contribution in [0.1, 0.15) is 20.3 Å². The minimum absolute atomic E-state index is 0.184. The van der Waals surface area contributed by atoms with Crippen LogP contribution in [0, 0.1) is 0 Å². The van der Waals surface area contributed by atoms with Gasteiger partial charge in [0.1, 0.15) is 11.3 Å². The SMILES string of the molecule is CC/C=C(\C)C(=O)Nc1cc(N(C)c2cc(=O)oc3ccccc23)ccc1OC. The van der Waals surface area contributed by atoms with Crippen molar-refractivity contribution in [1.29, 1.82) is 0 Å². The van der Waals surface area contributed by atoms with Crippen molar-refractivity contribution < 1.29 is 13.9 Å². The number of benzene rings is 2. The minimum atomic E-state index is -0.423. The van der Waals surface area contributed by atoms with Crippen molar-refractivity contribution in [3.8, 4) is 5.75 Å². The number of allylic oxidation sites excluding steroid dienone is 1. The van der Waals surface area contributed by atoms with E-state index in [0.717, 1.165) is 17.5 Å². The normalized spacial score (nSPS) is 11.4.